The predicted octanol–water partition coefficient (Wildman–Crippen LogP) is 2.27. The van der Waals surface area contributed by atoms with Gasteiger partial charge in [-0.3, -0.25) is 4.79 Å². The molecule has 2 saturated heterocycles. The van der Waals surface area contributed by atoms with Crippen LogP contribution in [0.15, 0.2) is 24.3 Å². The minimum atomic E-state index is -3.59. The highest BCUT2D eigenvalue weighted by molar-refractivity contribution is 7.88. The first-order chi connectivity index (χ1) is 12.9. The molecule has 2 heterocycles. The molecule has 1 atom stereocenters. The normalized spacial score (nSPS) is 27.3. The number of hydrogen-bond acceptors (Lipinski definition) is 4. The fourth-order valence-electron chi connectivity index (χ4n) is 4.04. The summed E-state index contributed by atoms with van der Waals surface area (Å²) in [5.41, 5.74) is 0.0466. The number of carbonyl (C=O) groups excluding carboxylic acids is 1. The Morgan fingerprint density at radius 1 is 1.26 bits per heavy atom. The first-order valence-corrected chi connectivity index (χ1v) is 11.5. The molecule has 148 valence electrons. The van der Waals surface area contributed by atoms with Gasteiger partial charge in [-0.25, -0.2) is 8.42 Å². The molecule has 0 N–H and O–H groups in total. The third-order valence-corrected chi connectivity index (χ3v) is 7.97. The van der Waals surface area contributed by atoms with E-state index in [0.717, 1.165) is 19.4 Å². The van der Waals surface area contributed by atoms with Gasteiger partial charge in [0.1, 0.15) is 0 Å². The summed E-state index contributed by atoms with van der Waals surface area (Å²) in [6.07, 6.45) is 3.20. The molecule has 1 aromatic carbocycles. The highest BCUT2D eigenvalue weighted by atomic mass is 35.5. The molecule has 6 nitrogen and oxygen atoms in total. The van der Waals surface area contributed by atoms with Crippen LogP contribution in [0.1, 0.15) is 31.2 Å². The van der Waals surface area contributed by atoms with Crippen LogP contribution in [0, 0.1) is 5.92 Å². The Morgan fingerprint density at radius 3 is 2.70 bits per heavy atom. The summed E-state index contributed by atoms with van der Waals surface area (Å²) in [7, 11) is -3.59. The number of ether oxygens (including phenoxy) is 1. The average Bonchev–Trinajstić information content (AvgIpc) is 3.36. The number of benzene rings is 1. The second-order valence-corrected chi connectivity index (χ2v) is 10.3. The largest absolute Gasteiger partial charge is 0.379 e. The zero-order chi connectivity index (χ0) is 19.1. The van der Waals surface area contributed by atoms with Gasteiger partial charge in [0, 0.05) is 37.7 Å². The van der Waals surface area contributed by atoms with Gasteiger partial charge < -0.3 is 9.64 Å². The third-order valence-electron chi connectivity index (χ3n) is 5.83. The standard InChI is InChI=1S/C19H25ClN2O4S/c20-17-4-2-1-3-16(17)12-27(24,25)21-9-7-18(23)22(11-15-5-6-15)19(13-21)8-10-26-14-19/h1-4,15H,5-14H2. The molecule has 1 spiro atoms. The summed E-state index contributed by atoms with van der Waals surface area (Å²) >= 11 is 6.17. The van der Waals surface area contributed by atoms with Crippen LogP contribution in [0.4, 0.5) is 0 Å². The first kappa shape index (κ1) is 19.2. The quantitative estimate of drug-likeness (QED) is 0.744. The number of rotatable bonds is 5. The van der Waals surface area contributed by atoms with E-state index in [2.05, 4.69) is 0 Å². The van der Waals surface area contributed by atoms with Gasteiger partial charge in [-0.15, -0.1) is 0 Å². The molecule has 1 amide bonds. The SMILES string of the molecule is O=C1CCN(S(=O)(=O)Cc2ccccc2Cl)CC2(CCOC2)N1CC1CC1. The van der Waals surface area contributed by atoms with Crippen LogP contribution in [0.25, 0.3) is 0 Å². The van der Waals surface area contributed by atoms with Crippen molar-refractivity contribution in [3.8, 4) is 0 Å². The summed E-state index contributed by atoms with van der Waals surface area (Å²) in [6.45, 7) is 2.21. The summed E-state index contributed by atoms with van der Waals surface area (Å²) in [5, 5.41) is 0.446. The number of amides is 1. The number of hydrogen-bond donors (Lipinski definition) is 0. The number of halogens is 1. The van der Waals surface area contributed by atoms with E-state index in [1.807, 2.05) is 4.90 Å². The Labute approximate surface area is 165 Å². The van der Waals surface area contributed by atoms with Crippen molar-refractivity contribution in [1.82, 2.24) is 9.21 Å². The maximum absolute atomic E-state index is 13.1. The Hall–Kier alpha value is -1.15. The van der Waals surface area contributed by atoms with E-state index in [1.165, 1.54) is 4.31 Å². The molecule has 0 aromatic heterocycles. The number of nitrogens with zero attached hydrogens (tertiary/aromatic N) is 2. The molecule has 3 aliphatic rings. The second-order valence-electron chi connectivity index (χ2n) is 7.91. The maximum atomic E-state index is 13.1. The Kier molecular flexibility index (Phi) is 5.22. The zero-order valence-corrected chi connectivity index (χ0v) is 16.8. The van der Waals surface area contributed by atoms with Gasteiger partial charge in [0.2, 0.25) is 15.9 Å². The van der Waals surface area contributed by atoms with Crippen molar-refractivity contribution in [3.63, 3.8) is 0 Å². The number of sulfonamides is 1. The molecule has 8 heteroatoms. The molecular weight excluding hydrogens is 388 g/mol. The third kappa shape index (κ3) is 4.01. The number of carbonyl (C=O) groups is 1. The summed E-state index contributed by atoms with van der Waals surface area (Å²) in [5.74, 6) is 0.445. The molecule has 1 unspecified atom stereocenters. The van der Waals surface area contributed by atoms with Crippen LogP contribution >= 0.6 is 11.6 Å². The van der Waals surface area contributed by atoms with E-state index in [0.29, 0.717) is 42.7 Å². The van der Waals surface area contributed by atoms with E-state index in [9.17, 15) is 13.2 Å². The lowest BCUT2D eigenvalue weighted by molar-refractivity contribution is -0.136. The van der Waals surface area contributed by atoms with Gasteiger partial charge in [-0.2, -0.15) is 4.31 Å². The van der Waals surface area contributed by atoms with Crippen LogP contribution in [-0.2, 0) is 25.3 Å². The van der Waals surface area contributed by atoms with Crippen molar-refractivity contribution < 1.29 is 17.9 Å². The molecule has 0 bridgehead atoms. The smallest absolute Gasteiger partial charge is 0.224 e. The average molecular weight is 413 g/mol. The van der Waals surface area contributed by atoms with E-state index >= 15 is 0 Å². The van der Waals surface area contributed by atoms with E-state index in [1.54, 1.807) is 24.3 Å². The van der Waals surface area contributed by atoms with Crippen LogP contribution in [0.2, 0.25) is 5.02 Å². The van der Waals surface area contributed by atoms with Crippen molar-refractivity contribution in [1.29, 1.82) is 0 Å². The monoisotopic (exact) mass is 412 g/mol. The summed E-state index contributed by atoms with van der Waals surface area (Å²) in [4.78, 5) is 14.8. The van der Waals surface area contributed by atoms with Crippen LogP contribution in [0.3, 0.4) is 0 Å². The molecule has 0 radical (unpaired) electrons. The Morgan fingerprint density at radius 2 is 2.04 bits per heavy atom. The molecule has 4 rings (SSSR count). The van der Waals surface area contributed by atoms with E-state index in [-0.39, 0.29) is 24.6 Å². The molecule has 27 heavy (non-hydrogen) atoms. The van der Waals surface area contributed by atoms with Gasteiger partial charge in [0.05, 0.1) is 17.9 Å². The van der Waals surface area contributed by atoms with E-state index in [4.69, 9.17) is 16.3 Å². The van der Waals surface area contributed by atoms with Gasteiger partial charge in [0.25, 0.3) is 0 Å². The topological polar surface area (TPSA) is 66.9 Å². The zero-order valence-electron chi connectivity index (χ0n) is 15.3. The van der Waals surface area contributed by atoms with Crippen molar-refractivity contribution >= 4 is 27.5 Å². The van der Waals surface area contributed by atoms with E-state index < -0.39 is 15.6 Å². The van der Waals surface area contributed by atoms with Crippen LogP contribution < -0.4 is 0 Å². The highest BCUT2D eigenvalue weighted by Crippen LogP contribution is 2.37. The lowest BCUT2D eigenvalue weighted by Gasteiger charge is -2.40. The predicted molar refractivity (Wildman–Crippen MR) is 103 cm³/mol. The molecule has 1 saturated carbocycles. The Balaban J connectivity index is 1.59. The fraction of sp³-hybridized carbons (Fsp3) is 0.632. The van der Waals surface area contributed by atoms with Crippen molar-refractivity contribution in [2.75, 3.05) is 32.8 Å². The summed E-state index contributed by atoms with van der Waals surface area (Å²) < 4.78 is 33.4. The Bertz CT molecular complexity index is 819. The molecular formula is C19H25ClN2O4S. The first-order valence-electron chi connectivity index (χ1n) is 9.49. The fourth-order valence-corrected chi connectivity index (χ4v) is 5.96. The lowest BCUT2D eigenvalue weighted by Crippen LogP contribution is -2.57. The van der Waals surface area contributed by atoms with Crippen LogP contribution in [0.5, 0.6) is 0 Å². The lowest BCUT2D eigenvalue weighted by atomic mass is 9.95. The van der Waals surface area contributed by atoms with Gasteiger partial charge in [0.15, 0.2) is 0 Å². The molecule has 1 aliphatic carbocycles. The van der Waals surface area contributed by atoms with Gasteiger partial charge in [-0.05, 0) is 36.8 Å². The minimum absolute atomic E-state index is 0.0443. The van der Waals surface area contributed by atoms with Crippen molar-refractivity contribution in [3.05, 3.63) is 34.9 Å². The highest BCUT2D eigenvalue weighted by Gasteiger charge is 2.49. The molecule has 1 aromatic rings. The van der Waals surface area contributed by atoms with Gasteiger partial charge >= 0.3 is 0 Å². The molecule has 2 aliphatic heterocycles. The van der Waals surface area contributed by atoms with Crippen LogP contribution in [-0.4, -0.2) is 61.9 Å². The minimum Gasteiger partial charge on any atom is -0.379 e. The second kappa shape index (κ2) is 7.35. The van der Waals surface area contributed by atoms with Crippen molar-refractivity contribution in [2.24, 2.45) is 5.92 Å². The molecule has 3 fully saturated rings. The maximum Gasteiger partial charge on any atom is 0.224 e. The van der Waals surface area contributed by atoms with Gasteiger partial charge in [-0.1, -0.05) is 29.8 Å². The van der Waals surface area contributed by atoms with Crippen molar-refractivity contribution in [2.45, 2.75) is 37.0 Å². The summed E-state index contributed by atoms with van der Waals surface area (Å²) in [6, 6.07) is 6.99.